The number of hydrogen-bond donors (Lipinski definition) is 1. The summed E-state index contributed by atoms with van der Waals surface area (Å²) in [6, 6.07) is 5.97. The lowest BCUT2D eigenvalue weighted by atomic mass is 9.84. The Kier molecular flexibility index (Phi) is 7.39. The number of piperidine rings is 2. The fraction of sp³-hybridized carbons (Fsp3) is 0.682. The van der Waals surface area contributed by atoms with Gasteiger partial charge in [0.1, 0.15) is 6.61 Å². The van der Waals surface area contributed by atoms with Crippen molar-refractivity contribution in [3.63, 3.8) is 0 Å². The van der Waals surface area contributed by atoms with Gasteiger partial charge in [0.05, 0.1) is 38.4 Å². The molecule has 0 bridgehead atoms. The van der Waals surface area contributed by atoms with E-state index in [1.165, 1.54) is 45.2 Å². The van der Waals surface area contributed by atoms with E-state index in [2.05, 4.69) is 6.92 Å². The Balaban J connectivity index is 1.57. The number of rotatable bonds is 8. The molecule has 1 N–H and O–H groups in total. The molecule has 0 aliphatic carbocycles. The fourth-order valence-electron chi connectivity index (χ4n) is 4.48. The summed E-state index contributed by atoms with van der Waals surface area (Å²) in [6.45, 7) is 5.88. The maximum absolute atomic E-state index is 12.6. The molecule has 0 aromatic heterocycles. The van der Waals surface area contributed by atoms with Gasteiger partial charge in [-0.25, -0.2) is 4.79 Å². The van der Waals surface area contributed by atoms with E-state index in [0.29, 0.717) is 42.2 Å². The van der Waals surface area contributed by atoms with Gasteiger partial charge in [0.15, 0.2) is 11.5 Å². The van der Waals surface area contributed by atoms with Crippen LogP contribution in [0.15, 0.2) is 18.2 Å². The minimum atomic E-state index is -0.267. The van der Waals surface area contributed by atoms with Crippen LogP contribution in [0.1, 0.15) is 62.2 Å². The van der Waals surface area contributed by atoms with Crippen LogP contribution in [0.4, 0.5) is 0 Å². The number of carbonyl (C=O) groups excluding carboxylic acids is 1. The van der Waals surface area contributed by atoms with Crippen LogP contribution in [0.2, 0.25) is 0 Å². The zero-order valence-corrected chi connectivity index (χ0v) is 16.8. The molecule has 1 aromatic carbocycles. The monoisotopic (exact) mass is 376 g/mol. The van der Waals surface area contributed by atoms with Crippen LogP contribution in [-0.2, 0) is 4.74 Å². The average molecular weight is 377 g/mol. The Bertz CT molecular complexity index is 616. The third-order valence-electron chi connectivity index (χ3n) is 6.01. The highest BCUT2D eigenvalue weighted by atomic mass is 16.5. The Hall–Kier alpha value is -1.75. The molecule has 2 saturated heterocycles. The summed E-state index contributed by atoms with van der Waals surface area (Å²) >= 11 is 0. The van der Waals surface area contributed by atoms with E-state index in [-0.39, 0.29) is 5.97 Å². The molecule has 3 rings (SSSR count). The summed E-state index contributed by atoms with van der Waals surface area (Å²) in [6.07, 6.45) is 8.42. The number of fused-ring (bicyclic) bond motifs is 1. The molecular weight excluding hydrogens is 342 g/mol. The van der Waals surface area contributed by atoms with Gasteiger partial charge in [-0.05, 0) is 56.7 Å². The highest BCUT2D eigenvalue weighted by molar-refractivity contribution is 5.90. The molecule has 2 heterocycles. The van der Waals surface area contributed by atoms with Gasteiger partial charge in [0, 0.05) is 5.92 Å². The maximum Gasteiger partial charge on any atom is 0.338 e. The summed E-state index contributed by atoms with van der Waals surface area (Å²) in [4.78, 5) is 14.3. The number of ether oxygens (including phenoxy) is 3. The molecule has 27 heavy (non-hydrogen) atoms. The SMILES string of the molecule is CCCCOc1ccc(C(=O)OC[C@@H]2CCC[NH+]3CCCC[C@@H]23)cc1OC. The summed E-state index contributed by atoms with van der Waals surface area (Å²) in [7, 11) is 1.60. The van der Waals surface area contributed by atoms with Crippen molar-refractivity contribution < 1.29 is 23.9 Å². The van der Waals surface area contributed by atoms with E-state index in [1.807, 2.05) is 0 Å². The van der Waals surface area contributed by atoms with E-state index >= 15 is 0 Å². The molecule has 1 unspecified atom stereocenters. The summed E-state index contributed by atoms with van der Waals surface area (Å²) in [5.41, 5.74) is 0.526. The number of carbonyl (C=O) groups is 1. The number of unbranched alkanes of at least 4 members (excludes halogenated alkanes) is 1. The Morgan fingerprint density at radius 2 is 2.00 bits per heavy atom. The molecule has 3 atom stereocenters. The molecule has 2 aliphatic rings. The Morgan fingerprint density at radius 3 is 2.81 bits per heavy atom. The molecule has 2 fully saturated rings. The number of hydrogen-bond acceptors (Lipinski definition) is 4. The predicted molar refractivity (Wildman–Crippen MR) is 105 cm³/mol. The minimum Gasteiger partial charge on any atom is -0.493 e. The Morgan fingerprint density at radius 1 is 1.15 bits per heavy atom. The largest absolute Gasteiger partial charge is 0.493 e. The topological polar surface area (TPSA) is 49.2 Å². The standard InChI is InChI=1S/C22H33NO4/c1-3-4-14-26-20-11-10-17(15-21(20)25-2)22(24)27-16-18-8-7-13-23-12-6-5-9-19(18)23/h10-11,15,18-19H,3-9,12-14,16H2,1-2H3/p+1/t18-,19-/m0/s1. The number of esters is 1. The highest BCUT2D eigenvalue weighted by Crippen LogP contribution is 2.29. The van der Waals surface area contributed by atoms with Gasteiger partial charge >= 0.3 is 5.97 Å². The fourth-order valence-corrected chi connectivity index (χ4v) is 4.48. The van der Waals surface area contributed by atoms with Gasteiger partial charge < -0.3 is 19.1 Å². The first-order chi connectivity index (χ1) is 13.2. The molecule has 0 radical (unpaired) electrons. The average Bonchev–Trinajstić information content (AvgIpc) is 2.72. The minimum absolute atomic E-state index is 0.267. The lowest BCUT2D eigenvalue weighted by Gasteiger charge is -2.40. The lowest BCUT2D eigenvalue weighted by Crippen LogP contribution is -3.18. The van der Waals surface area contributed by atoms with Crippen LogP contribution in [0.3, 0.4) is 0 Å². The van der Waals surface area contributed by atoms with Gasteiger partial charge in [-0.15, -0.1) is 0 Å². The lowest BCUT2D eigenvalue weighted by molar-refractivity contribution is -0.940. The van der Waals surface area contributed by atoms with Crippen molar-refractivity contribution in [2.45, 2.75) is 57.9 Å². The molecule has 5 heteroatoms. The smallest absolute Gasteiger partial charge is 0.338 e. The number of nitrogens with one attached hydrogen (secondary N) is 1. The highest BCUT2D eigenvalue weighted by Gasteiger charge is 2.37. The third kappa shape index (κ3) is 5.16. The quantitative estimate of drug-likeness (QED) is 0.560. The molecule has 150 valence electrons. The predicted octanol–water partition coefficient (Wildman–Crippen LogP) is 2.88. The zero-order valence-electron chi connectivity index (χ0n) is 16.8. The van der Waals surface area contributed by atoms with Crippen LogP contribution in [0.5, 0.6) is 11.5 Å². The van der Waals surface area contributed by atoms with Crippen LogP contribution in [0, 0.1) is 5.92 Å². The zero-order chi connectivity index (χ0) is 19.1. The van der Waals surface area contributed by atoms with Crippen molar-refractivity contribution in [2.75, 3.05) is 33.4 Å². The second-order valence-corrected chi connectivity index (χ2v) is 7.83. The molecule has 0 saturated carbocycles. The van der Waals surface area contributed by atoms with Gasteiger partial charge in [0.2, 0.25) is 0 Å². The summed E-state index contributed by atoms with van der Waals surface area (Å²) < 4.78 is 16.8. The molecular formula is C22H34NO4+. The number of methoxy groups -OCH3 is 1. The van der Waals surface area contributed by atoms with Crippen molar-refractivity contribution in [3.8, 4) is 11.5 Å². The molecule has 0 amide bonds. The number of quaternary nitrogens is 1. The second kappa shape index (κ2) is 9.98. The maximum atomic E-state index is 12.6. The van der Waals surface area contributed by atoms with E-state index in [1.54, 1.807) is 30.2 Å². The van der Waals surface area contributed by atoms with Gasteiger partial charge in [0.25, 0.3) is 0 Å². The van der Waals surface area contributed by atoms with E-state index < -0.39 is 0 Å². The van der Waals surface area contributed by atoms with Crippen LogP contribution < -0.4 is 14.4 Å². The van der Waals surface area contributed by atoms with Crippen LogP contribution in [0.25, 0.3) is 0 Å². The normalized spacial score (nSPS) is 24.7. The van der Waals surface area contributed by atoms with E-state index in [0.717, 1.165) is 12.8 Å². The third-order valence-corrected chi connectivity index (χ3v) is 6.01. The van der Waals surface area contributed by atoms with E-state index in [9.17, 15) is 4.79 Å². The van der Waals surface area contributed by atoms with Gasteiger partial charge in [-0.3, -0.25) is 0 Å². The summed E-state index contributed by atoms with van der Waals surface area (Å²) in [5.74, 6) is 1.49. The van der Waals surface area contributed by atoms with Crippen LogP contribution >= 0.6 is 0 Å². The number of benzene rings is 1. The van der Waals surface area contributed by atoms with Crippen molar-refractivity contribution in [1.29, 1.82) is 0 Å². The van der Waals surface area contributed by atoms with Crippen molar-refractivity contribution in [1.82, 2.24) is 0 Å². The molecule has 5 nitrogen and oxygen atoms in total. The molecule has 0 spiro atoms. The first kappa shape index (κ1) is 20.0. The first-order valence-electron chi connectivity index (χ1n) is 10.6. The van der Waals surface area contributed by atoms with E-state index in [4.69, 9.17) is 14.2 Å². The van der Waals surface area contributed by atoms with Gasteiger partial charge in [-0.1, -0.05) is 13.3 Å². The second-order valence-electron chi connectivity index (χ2n) is 7.83. The van der Waals surface area contributed by atoms with Crippen LogP contribution in [-0.4, -0.2) is 45.4 Å². The van der Waals surface area contributed by atoms with Crippen molar-refractivity contribution in [2.24, 2.45) is 5.92 Å². The Labute approximate surface area is 163 Å². The molecule has 1 aromatic rings. The van der Waals surface area contributed by atoms with Crippen molar-refractivity contribution in [3.05, 3.63) is 23.8 Å². The first-order valence-corrected chi connectivity index (χ1v) is 10.6. The molecule has 2 aliphatic heterocycles. The summed E-state index contributed by atoms with van der Waals surface area (Å²) in [5, 5.41) is 0. The van der Waals surface area contributed by atoms with Gasteiger partial charge in [-0.2, -0.15) is 0 Å². The van der Waals surface area contributed by atoms with Crippen molar-refractivity contribution >= 4 is 5.97 Å².